The fourth-order valence-corrected chi connectivity index (χ4v) is 1.11. The Labute approximate surface area is 83.1 Å². The van der Waals surface area contributed by atoms with Gasteiger partial charge in [0.05, 0.1) is 0 Å². The van der Waals surface area contributed by atoms with E-state index in [1.807, 2.05) is 0 Å². The van der Waals surface area contributed by atoms with Crippen LogP contribution in [0.1, 0.15) is 15.9 Å². The molecule has 4 nitrogen and oxygen atoms in total. The van der Waals surface area contributed by atoms with Gasteiger partial charge in [0.25, 0.3) is 5.91 Å². The molecule has 0 saturated carbocycles. The predicted octanol–water partition coefficient (Wildman–Crippen LogP) is 0.867. The third-order valence-electron chi connectivity index (χ3n) is 1.89. The summed E-state index contributed by atoms with van der Waals surface area (Å²) in [6.45, 7) is 0.385. The standard InChI is InChI=1S/C10H14N2O2/c1-12(2)10(13)9-5-3-8(4-6-9)7-11-14/h3-6,11,14H,7H2,1-2H3. The Morgan fingerprint density at radius 3 is 2.36 bits per heavy atom. The van der Waals surface area contributed by atoms with E-state index in [-0.39, 0.29) is 5.91 Å². The quantitative estimate of drug-likeness (QED) is 0.702. The molecule has 0 fully saturated rings. The summed E-state index contributed by atoms with van der Waals surface area (Å²) in [5.74, 6) is -0.0199. The molecule has 0 aliphatic carbocycles. The third-order valence-corrected chi connectivity index (χ3v) is 1.89. The van der Waals surface area contributed by atoms with Gasteiger partial charge in [-0.1, -0.05) is 12.1 Å². The molecule has 4 heteroatoms. The van der Waals surface area contributed by atoms with Gasteiger partial charge < -0.3 is 10.1 Å². The van der Waals surface area contributed by atoms with E-state index in [4.69, 9.17) is 5.21 Å². The highest BCUT2D eigenvalue weighted by atomic mass is 16.5. The van der Waals surface area contributed by atoms with E-state index in [1.54, 1.807) is 38.4 Å². The molecule has 0 atom stereocenters. The van der Waals surface area contributed by atoms with Crippen LogP contribution in [0.5, 0.6) is 0 Å². The highest BCUT2D eigenvalue weighted by Crippen LogP contribution is 2.05. The summed E-state index contributed by atoms with van der Waals surface area (Å²) in [5.41, 5.74) is 3.64. The van der Waals surface area contributed by atoms with Crippen molar-refractivity contribution in [2.45, 2.75) is 6.54 Å². The molecule has 0 bridgehead atoms. The van der Waals surface area contributed by atoms with Crippen LogP contribution in [0.3, 0.4) is 0 Å². The van der Waals surface area contributed by atoms with Crippen LogP contribution in [-0.4, -0.2) is 30.1 Å². The fourth-order valence-electron chi connectivity index (χ4n) is 1.11. The zero-order chi connectivity index (χ0) is 10.6. The first-order valence-corrected chi connectivity index (χ1v) is 4.32. The van der Waals surface area contributed by atoms with Crippen LogP contribution in [0, 0.1) is 0 Å². The number of carbonyl (C=O) groups excluding carboxylic acids is 1. The SMILES string of the molecule is CN(C)C(=O)c1ccc(CNO)cc1. The summed E-state index contributed by atoms with van der Waals surface area (Å²) in [7, 11) is 3.43. The van der Waals surface area contributed by atoms with Crippen molar-refractivity contribution in [3.63, 3.8) is 0 Å². The molecule has 2 N–H and O–H groups in total. The van der Waals surface area contributed by atoms with Gasteiger partial charge in [-0.3, -0.25) is 4.79 Å². The van der Waals surface area contributed by atoms with Gasteiger partial charge in [0, 0.05) is 26.2 Å². The first-order chi connectivity index (χ1) is 6.65. The second kappa shape index (κ2) is 4.74. The van der Waals surface area contributed by atoms with Gasteiger partial charge in [-0.05, 0) is 17.7 Å². The maximum atomic E-state index is 11.5. The van der Waals surface area contributed by atoms with Gasteiger partial charge in [-0.25, -0.2) is 5.48 Å². The Balaban J connectivity index is 2.78. The smallest absolute Gasteiger partial charge is 0.253 e. The molecule has 14 heavy (non-hydrogen) atoms. The van der Waals surface area contributed by atoms with E-state index in [1.165, 1.54) is 4.90 Å². The number of nitrogens with one attached hydrogen (secondary N) is 1. The lowest BCUT2D eigenvalue weighted by Crippen LogP contribution is -2.21. The normalized spacial score (nSPS) is 9.93. The number of rotatable bonds is 3. The van der Waals surface area contributed by atoms with Crippen LogP contribution in [0.15, 0.2) is 24.3 Å². The van der Waals surface area contributed by atoms with E-state index in [2.05, 4.69) is 5.48 Å². The molecule has 0 aromatic heterocycles. The zero-order valence-corrected chi connectivity index (χ0v) is 8.32. The number of amides is 1. The average molecular weight is 194 g/mol. The highest BCUT2D eigenvalue weighted by Gasteiger charge is 2.06. The Kier molecular flexibility index (Phi) is 3.62. The van der Waals surface area contributed by atoms with Crippen molar-refractivity contribution in [2.75, 3.05) is 14.1 Å². The minimum Gasteiger partial charge on any atom is -0.345 e. The minimum atomic E-state index is -0.0199. The molecule has 0 aliphatic rings. The van der Waals surface area contributed by atoms with E-state index in [0.29, 0.717) is 12.1 Å². The molecule has 0 unspecified atom stereocenters. The Bertz CT molecular complexity index is 306. The van der Waals surface area contributed by atoms with Crippen molar-refractivity contribution in [3.8, 4) is 0 Å². The van der Waals surface area contributed by atoms with Gasteiger partial charge in [-0.2, -0.15) is 0 Å². The van der Waals surface area contributed by atoms with Crippen molar-refractivity contribution in [1.29, 1.82) is 0 Å². The van der Waals surface area contributed by atoms with Crippen LogP contribution >= 0.6 is 0 Å². The molecule has 0 aliphatic heterocycles. The summed E-state index contributed by atoms with van der Waals surface area (Å²) in [5, 5.41) is 8.46. The predicted molar refractivity (Wildman–Crippen MR) is 53.1 cm³/mol. The van der Waals surface area contributed by atoms with Gasteiger partial charge in [-0.15, -0.1) is 0 Å². The van der Waals surface area contributed by atoms with Crippen LogP contribution in [0.25, 0.3) is 0 Å². The topological polar surface area (TPSA) is 52.6 Å². The van der Waals surface area contributed by atoms with Gasteiger partial charge in [0.15, 0.2) is 0 Å². The van der Waals surface area contributed by atoms with Gasteiger partial charge in [0.2, 0.25) is 0 Å². The Hall–Kier alpha value is -1.39. The average Bonchev–Trinajstić information content (AvgIpc) is 2.18. The number of hydrogen-bond donors (Lipinski definition) is 2. The highest BCUT2D eigenvalue weighted by molar-refractivity contribution is 5.93. The van der Waals surface area contributed by atoms with Crippen LogP contribution < -0.4 is 5.48 Å². The lowest BCUT2D eigenvalue weighted by molar-refractivity contribution is 0.0827. The monoisotopic (exact) mass is 194 g/mol. The molecule has 1 rings (SSSR count). The lowest BCUT2D eigenvalue weighted by Gasteiger charge is -2.10. The number of hydrogen-bond acceptors (Lipinski definition) is 3. The maximum absolute atomic E-state index is 11.5. The number of hydroxylamine groups is 1. The number of benzene rings is 1. The largest absolute Gasteiger partial charge is 0.345 e. The van der Waals surface area contributed by atoms with Crippen molar-refractivity contribution in [2.24, 2.45) is 0 Å². The van der Waals surface area contributed by atoms with Gasteiger partial charge in [0.1, 0.15) is 0 Å². The molecule has 76 valence electrons. The minimum absolute atomic E-state index is 0.0199. The third kappa shape index (κ3) is 2.55. The second-order valence-electron chi connectivity index (χ2n) is 3.23. The molecule has 1 aromatic carbocycles. The lowest BCUT2D eigenvalue weighted by atomic mass is 10.1. The summed E-state index contributed by atoms with van der Waals surface area (Å²) < 4.78 is 0. The fraction of sp³-hybridized carbons (Fsp3) is 0.300. The van der Waals surface area contributed by atoms with Gasteiger partial charge >= 0.3 is 0 Å². The Morgan fingerprint density at radius 1 is 1.36 bits per heavy atom. The first-order valence-electron chi connectivity index (χ1n) is 4.32. The molecular formula is C10H14N2O2. The van der Waals surface area contributed by atoms with Crippen LogP contribution in [-0.2, 0) is 6.54 Å². The zero-order valence-electron chi connectivity index (χ0n) is 8.32. The van der Waals surface area contributed by atoms with E-state index >= 15 is 0 Å². The number of nitrogens with zero attached hydrogens (tertiary/aromatic N) is 1. The Morgan fingerprint density at radius 2 is 1.93 bits per heavy atom. The second-order valence-corrected chi connectivity index (χ2v) is 3.23. The molecule has 0 radical (unpaired) electrons. The van der Waals surface area contributed by atoms with Crippen LogP contribution in [0.2, 0.25) is 0 Å². The summed E-state index contributed by atoms with van der Waals surface area (Å²) >= 11 is 0. The molecule has 1 amide bonds. The first kappa shape index (κ1) is 10.7. The molecule has 0 saturated heterocycles. The van der Waals surface area contributed by atoms with Crippen molar-refractivity contribution in [1.82, 2.24) is 10.4 Å². The van der Waals surface area contributed by atoms with E-state index < -0.39 is 0 Å². The van der Waals surface area contributed by atoms with E-state index in [0.717, 1.165) is 5.56 Å². The van der Waals surface area contributed by atoms with Crippen molar-refractivity contribution in [3.05, 3.63) is 35.4 Å². The van der Waals surface area contributed by atoms with E-state index in [9.17, 15) is 4.79 Å². The molecular weight excluding hydrogens is 180 g/mol. The maximum Gasteiger partial charge on any atom is 0.253 e. The van der Waals surface area contributed by atoms with Crippen LogP contribution in [0.4, 0.5) is 0 Å². The molecule has 1 aromatic rings. The van der Waals surface area contributed by atoms with Crippen molar-refractivity contribution >= 4 is 5.91 Å². The summed E-state index contributed by atoms with van der Waals surface area (Å²) in [4.78, 5) is 13.0. The summed E-state index contributed by atoms with van der Waals surface area (Å²) in [6.07, 6.45) is 0. The molecule has 0 heterocycles. The summed E-state index contributed by atoms with van der Waals surface area (Å²) in [6, 6.07) is 7.10. The van der Waals surface area contributed by atoms with Crippen molar-refractivity contribution < 1.29 is 10.0 Å². The molecule has 0 spiro atoms. The number of carbonyl (C=O) groups is 1.